The number of anilines is 1. The lowest BCUT2D eigenvalue weighted by Gasteiger charge is -2.27. The average Bonchev–Trinajstić information content (AvgIpc) is 2.38. The second-order valence-corrected chi connectivity index (χ2v) is 6.61. The standard InChI is InChI=1S/C15H19BrF3NO/c1-10-2-4-11(5-3-10)9-20-13-7-6-12(16)8-14(13)21-15(17,18)19/h6-8,10-11,20H,2-5,9H2,1H3. The summed E-state index contributed by atoms with van der Waals surface area (Å²) in [6.07, 6.45) is -0.0466. The second kappa shape index (κ2) is 6.90. The topological polar surface area (TPSA) is 21.3 Å². The number of ether oxygens (including phenoxy) is 1. The third kappa shape index (κ3) is 5.41. The van der Waals surface area contributed by atoms with E-state index in [1.165, 1.54) is 18.9 Å². The Labute approximate surface area is 131 Å². The minimum atomic E-state index is -4.68. The second-order valence-electron chi connectivity index (χ2n) is 5.70. The number of rotatable bonds is 4. The Balaban J connectivity index is 1.99. The van der Waals surface area contributed by atoms with E-state index in [1.807, 2.05) is 0 Å². The van der Waals surface area contributed by atoms with Gasteiger partial charge in [0.05, 0.1) is 5.69 Å². The van der Waals surface area contributed by atoms with Gasteiger partial charge in [0.1, 0.15) is 0 Å². The summed E-state index contributed by atoms with van der Waals surface area (Å²) in [6, 6.07) is 4.64. The number of hydrogen-bond donors (Lipinski definition) is 1. The molecule has 1 aromatic rings. The molecular formula is C15H19BrF3NO. The summed E-state index contributed by atoms with van der Waals surface area (Å²) in [5, 5.41) is 3.10. The molecule has 0 bridgehead atoms. The quantitative estimate of drug-likeness (QED) is 0.751. The molecule has 0 amide bonds. The molecular weight excluding hydrogens is 347 g/mol. The zero-order chi connectivity index (χ0) is 15.5. The molecule has 6 heteroatoms. The molecule has 21 heavy (non-hydrogen) atoms. The van der Waals surface area contributed by atoms with Gasteiger partial charge in [0.2, 0.25) is 0 Å². The summed E-state index contributed by atoms with van der Waals surface area (Å²) in [4.78, 5) is 0. The van der Waals surface area contributed by atoms with Crippen molar-refractivity contribution in [1.29, 1.82) is 0 Å². The minimum Gasteiger partial charge on any atom is -0.404 e. The largest absolute Gasteiger partial charge is 0.573 e. The predicted molar refractivity (Wildman–Crippen MR) is 80.4 cm³/mol. The van der Waals surface area contributed by atoms with Crippen molar-refractivity contribution in [3.63, 3.8) is 0 Å². The van der Waals surface area contributed by atoms with Gasteiger partial charge in [-0.1, -0.05) is 35.7 Å². The molecule has 2 rings (SSSR count). The third-order valence-electron chi connectivity index (χ3n) is 3.89. The van der Waals surface area contributed by atoms with Gasteiger partial charge in [-0.2, -0.15) is 0 Å². The third-order valence-corrected chi connectivity index (χ3v) is 4.38. The van der Waals surface area contributed by atoms with Gasteiger partial charge in [-0.15, -0.1) is 13.2 Å². The molecule has 0 atom stereocenters. The van der Waals surface area contributed by atoms with Crippen LogP contribution < -0.4 is 10.1 Å². The van der Waals surface area contributed by atoms with Crippen LogP contribution in [0.15, 0.2) is 22.7 Å². The molecule has 0 saturated heterocycles. The Kier molecular flexibility index (Phi) is 5.41. The molecule has 1 fully saturated rings. The molecule has 1 aliphatic carbocycles. The normalized spacial score (nSPS) is 22.9. The zero-order valence-electron chi connectivity index (χ0n) is 11.8. The van der Waals surface area contributed by atoms with Crippen molar-refractivity contribution in [2.24, 2.45) is 11.8 Å². The summed E-state index contributed by atoms with van der Waals surface area (Å²) in [5.74, 6) is 1.09. The number of alkyl halides is 3. The SMILES string of the molecule is CC1CCC(CNc2ccc(Br)cc2OC(F)(F)F)CC1. The Morgan fingerprint density at radius 3 is 2.52 bits per heavy atom. The first-order valence-electron chi connectivity index (χ1n) is 7.12. The van der Waals surface area contributed by atoms with Crippen LogP contribution in [0.4, 0.5) is 18.9 Å². The highest BCUT2D eigenvalue weighted by Gasteiger charge is 2.32. The molecule has 2 nitrogen and oxygen atoms in total. The van der Waals surface area contributed by atoms with Crippen LogP contribution in [-0.4, -0.2) is 12.9 Å². The fourth-order valence-electron chi connectivity index (χ4n) is 2.64. The maximum absolute atomic E-state index is 12.4. The van der Waals surface area contributed by atoms with Crippen molar-refractivity contribution >= 4 is 21.6 Å². The van der Waals surface area contributed by atoms with Crippen LogP contribution >= 0.6 is 15.9 Å². The van der Waals surface area contributed by atoms with E-state index in [2.05, 4.69) is 32.9 Å². The van der Waals surface area contributed by atoms with Gasteiger partial charge in [0.15, 0.2) is 5.75 Å². The van der Waals surface area contributed by atoms with Crippen LogP contribution in [0.5, 0.6) is 5.75 Å². The fourth-order valence-corrected chi connectivity index (χ4v) is 2.98. The molecule has 1 saturated carbocycles. The first kappa shape index (κ1) is 16.5. The molecule has 1 aromatic carbocycles. The van der Waals surface area contributed by atoms with Crippen LogP contribution in [0.3, 0.4) is 0 Å². The monoisotopic (exact) mass is 365 g/mol. The lowest BCUT2D eigenvalue weighted by molar-refractivity contribution is -0.274. The smallest absolute Gasteiger partial charge is 0.404 e. The Morgan fingerprint density at radius 2 is 1.90 bits per heavy atom. The van der Waals surface area contributed by atoms with E-state index >= 15 is 0 Å². The summed E-state index contributed by atoms with van der Waals surface area (Å²) >= 11 is 3.16. The van der Waals surface area contributed by atoms with Gasteiger partial charge in [0, 0.05) is 11.0 Å². The first-order valence-corrected chi connectivity index (χ1v) is 7.92. The van der Waals surface area contributed by atoms with Crippen LogP contribution in [0, 0.1) is 11.8 Å². The number of halogens is 4. The summed E-state index contributed by atoms with van der Waals surface area (Å²) in [5.41, 5.74) is 0.383. The molecule has 1 aliphatic rings. The number of hydrogen-bond acceptors (Lipinski definition) is 2. The van der Waals surface area contributed by atoms with E-state index in [-0.39, 0.29) is 5.75 Å². The first-order chi connectivity index (χ1) is 9.83. The van der Waals surface area contributed by atoms with Gasteiger partial charge in [-0.25, -0.2) is 0 Å². The predicted octanol–water partition coefficient (Wildman–Crippen LogP) is 5.59. The van der Waals surface area contributed by atoms with E-state index in [1.54, 1.807) is 12.1 Å². The van der Waals surface area contributed by atoms with Crippen molar-refractivity contribution in [1.82, 2.24) is 0 Å². The van der Waals surface area contributed by atoms with Gasteiger partial charge in [-0.05, 0) is 42.9 Å². The Morgan fingerprint density at radius 1 is 1.24 bits per heavy atom. The number of nitrogens with one attached hydrogen (secondary N) is 1. The molecule has 0 aliphatic heterocycles. The van der Waals surface area contributed by atoms with Gasteiger partial charge < -0.3 is 10.1 Å². The van der Waals surface area contributed by atoms with Crippen molar-refractivity contribution in [2.45, 2.75) is 39.0 Å². The van der Waals surface area contributed by atoms with Crippen LogP contribution in [0.2, 0.25) is 0 Å². The van der Waals surface area contributed by atoms with Gasteiger partial charge in [-0.3, -0.25) is 0 Å². The van der Waals surface area contributed by atoms with Crippen LogP contribution in [0.1, 0.15) is 32.6 Å². The Bertz CT molecular complexity index is 470. The van der Waals surface area contributed by atoms with Crippen molar-refractivity contribution in [3.05, 3.63) is 22.7 Å². The minimum absolute atomic E-state index is 0.193. The fraction of sp³-hybridized carbons (Fsp3) is 0.600. The molecule has 0 spiro atoms. The van der Waals surface area contributed by atoms with Crippen LogP contribution in [0.25, 0.3) is 0 Å². The van der Waals surface area contributed by atoms with E-state index < -0.39 is 6.36 Å². The van der Waals surface area contributed by atoms with Crippen molar-refractivity contribution in [3.8, 4) is 5.75 Å². The highest BCUT2D eigenvalue weighted by molar-refractivity contribution is 9.10. The van der Waals surface area contributed by atoms with Gasteiger partial charge in [0.25, 0.3) is 0 Å². The van der Waals surface area contributed by atoms with Gasteiger partial charge >= 0.3 is 6.36 Å². The van der Waals surface area contributed by atoms with Crippen molar-refractivity contribution < 1.29 is 17.9 Å². The lowest BCUT2D eigenvalue weighted by atomic mass is 9.83. The molecule has 0 unspecified atom stereocenters. The van der Waals surface area contributed by atoms with Crippen LogP contribution in [-0.2, 0) is 0 Å². The Hall–Kier alpha value is -0.910. The highest BCUT2D eigenvalue weighted by Crippen LogP contribution is 2.34. The molecule has 0 radical (unpaired) electrons. The van der Waals surface area contributed by atoms with E-state index in [0.717, 1.165) is 18.8 Å². The lowest BCUT2D eigenvalue weighted by Crippen LogP contribution is -2.22. The molecule has 0 aromatic heterocycles. The van der Waals surface area contributed by atoms with E-state index in [9.17, 15) is 13.2 Å². The summed E-state index contributed by atoms with van der Waals surface area (Å²) in [7, 11) is 0. The van der Waals surface area contributed by atoms with Crippen molar-refractivity contribution in [2.75, 3.05) is 11.9 Å². The summed E-state index contributed by atoms with van der Waals surface area (Å²) in [6.45, 7) is 2.93. The molecule has 0 heterocycles. The van der Waals surface area contributed by atoms with E-state index in [0.29, 0.717) is 22.6 Å². The highest BCUT2D eigenvalue weighted by atomic mass is 79.9. The van der Waals surface area contributed by atoms with E-state index in [4.69, 9.17) is 0 Å². The maximum atomic E-state index is 12.4. The average molecular weight is 366 g/mol. The molecule has 118 valence electrons. The molecule has 1 N–H and O–H groups in total. The zero-order valence-corrected chi connectivity index (χ0v) is 13.4. The maximum Gasteiger partial charge on any atom is 0.573 e. The number of benzene rings is 1. The summed E-state index contributed by atoms with van der Waals surface area (Å²) < 4.78 is 41.9.